The van der Waals surface area contributed by atoms with E-state index >= 15 is 0 Å². The molecule has 0 saturated heterocycles. The van der Waals surface area contributed by atoms with Crippen LogP contribution in [0.25, 0.3) is 0 Å². The molecule has 0 fully saturated rings. The lowest BCUT2D eigenvalue weighted by Gasteiger charge is -2.07. The van der Waals surface area contributed by atoms with Gasteiger partial charge in [-0.2, -0.15) is 0 Å². The summed E-state index contributed by atoms with van der Waals surface area (Å²) in [6.45, 7) is 0. The van der Waals surface area contributed by atoms with E-state index in [1.165, 1.54) is 35.9 Å². The van der Waals surface area contributed by atoms with Gasteiger partial charge in [0.1, 0.15) is 17.3 Å². The Kier molecular flexibility index (Phi) is 6.26. The lowest BCUT2D eigenvalue weighted by Crippen LogP contribution is -2.15. The lowest BCUT2D eigenvalue weighted by molar-refractivity contribution is -0.384. The van der Waals surface area contributed by atoms with Crippen molar-refractivity contribution in [3.8, 4) is 5.75 Å². The molecule has 146 valence electrons. The van der Waals surface area contributed by atoms with Crippen molar-refractivity contribution in [1.82, 2.24) is 14.8 Å². The minimum atomic E-state index is -0.565. The number of carbonyl (C=O) groups excluding carboxylic acids is 1. The van der Waals surface area contributed by atoms with E-state index in [2.05, 4.69) is 15.5 Å². The Balaban J connectivity index is 1.62. The van der Waals surface area contributed by atoms with E-state index in [1.54, 1.807) is 17.4 Å². The summed E-state index contributed by atoms with van der Waals surface area (Å²) in [5.74, 6) is 0.822. The Morgan fingerprint density at radius 3 is 2.89 bits per heavy atom. The molecule has 0 spiro atoms. The monoisotopic (exact) mass is 419 g/mol. The number of aromatic nitrogens is 3. The molecule has 3 rings (SSSR count). The molecule has 0 aliphatic heterocycles. The predicted molar refractivity (Wildman–Crippen MR) is 107 cm³/mol. The summed E-state index contributed by atoms with van der Waals surface area (Å²) in [5, 5.41) is 24.7. The summed E-state index contributed by atoms with van der Waals surface area (Å²) >= 11 is 2.86. The largest absolute Gasteiger partial charge is 0.496 e. The highest BCUT2D eigenvalue weighted by molar-refractivity contribution is 7.99. The molecule has 2 aromatic heterocycles. The van der Waals surface area contributed by atoms with Crippen LogP contribution in [0.1, 0.15) is 10.7 Å². The maximum absolute atomic E-state index is 12.2. The normalized spacial score (nSPS) is 10.6. The van der Waals surface area contributed by atoms with E-state index < -0.39 is 4.92 Å². The van der Waals surface area contributed by atoms with Crippen molar-refractivity contribution in [3.05, 3.63) is 56.5 Å². The number of thioether (sulfide) groups is 1. The zero-order valence-corrected chi connectivity index (χ0v) is 16.7. The van der Waals surface area contributed by atoms with Crippen LogP contribution in [0.4, 0.5) is 11.4 Å². The number of nitro benzene ring substituents is 1. The van der Waals surface area contributed by atoms with Gasteiger partial charge in [0.15, 0.2) is 5.16 Å². The Morgan fingerprint density at radius 1 is 1.39 bits per heavy atom. The second kappa shape index (κ2) is 8.85. The van der Waals surface area contributed by atoms with Crippen LogP contribution in [-0.2, 0) is 18.3 Å². The molecule has 11 heteroatoms. The number of methoxy groups -OCH3 is 1. The molecule has 0 aliphatic carbocycles. The molecule has 0 bridgehead atoms. The van der Waals surface area contributed by atoms with Crippen molar-refractivity contribution < 1.29 is 14.5 Å². The van der Waals surface area contributed by atoms with Gasteiger partial charge < -0.3 is 14.6 Å². The first kappa shape index (κ1) is 19.8. The standard InChI is InChI=1S/C17H17N5O4S2/c1-21-15(9-12-4-3-7-27-12)19-20-17(21)28-10-16(23)18-13-6-5-11(26-2)8-14(13)22(24)25/h3-8H,9-10H2,1-2H3,(H,18,23). The van der Waals surface area contributed by atoms with Crippen LogP contribution in [0.2, 0.25) is 0 Å². The third-order valence-corrected chi connectivity index (χ3v) is 5.74. The summed E-state index contributed by atoms with van der Waals surface area (Å²) < 4.78 is 6.83. The van der Waals surface area contributed by atoms with Gasteiger partial charge in [-0.3, -0.25) is 14.9 Å². The molecule has 1 aromatic carbocycles. The van der Waals surface area contributed by atoms with E-state index in [-0.39, 0.29) is 23.0 Å². The number of hydrogen-bond donors (Lipinski definition) is 1. The molecule has 0 saturated carbocycles. The number of nitro groups is 1. The summed E-state index contributed by atoms with van der Waals surface area (Å²) in [6, 6.07) is 8.27. The molecule has 9 nitrogen and oxygen atoms in total. The van der Waals surface area contributed by atoms with Gasteiger partial charge in [-0.05, 0) is 23.6 Å². The smallest absolute Gasteiger partial charge is 0.296 e. The van der Waals surface area contributed by atoms with Crippen LogP contribution >= 0.6 is 23.1 Å². The minimum absolute atomic E-state index is 0.0498. The second-order valence-corrected chi connectivity index (χ2v) is 7.67. The van der Waals surface area contributed by atoms with E-state index in [9.17, 15) is 14.9 Å². The number of hydrogen-bond acceptors (Lipinski definition) is 8. The molecule has 0 radical (unpaired) electrons. The van der Waals surface area contributed by atoms with Gasteiger partial charge in [-0.25, -0.2) is 0 Å². The molecule has 0 atom stereocenters. The van der Waals surface area contributed by atoms with E-state index in [0.29, 0.717) is 17.3 Å². The van der Waals surface area contributed by atoms with Crippen LogP contribution in [0.5, 0.6) is 5.75 Å². The average molecular weight is 419 g/mol. The first-order valence-corrected chi connectivity index (χ1v) is 10.00. The predicted octanol–water partition coefficient (Wildman–Crippen LogP) is 3.12. The van der Waals surface area contributed by atoms with E-state index in [1.807, 2.05) is 29.1 Å². The number of ether oxygens (including phenoxy) is 1. The van der Waals surface area contributed by atoms with Crippen molar-refractivity contribution in [1.29, 1.82) is 0 Å². The van der Waals surface area contributed by atoms with Gasteiger partial charge in [0, 0.05) is 18.3 Å². The van der Waals surface area contributed by atoms with Gasteiger partial charge in [0.25, 0.3) is 5.69 Å². The third kappa shape index (κ3) is 4.67. The van der Waals surface area contributed by atoms with E-state index in [0.717, 1.165) is 5.82 Å². The molecule has 3 aromatic rings. The Labute approximate surface area is 168 Å². The van der Waals surface area contributed by atoms with Crippen molar-refractivity contribution in [2.24, 2.45) is 7.05 Å². The van der Waals surface area contributed by atoms with Crippen molar-refractivity contribution >= 4 is 40.4 Å². The topological polar surface area (TPSA) is 112 Å². The Morgan fingerprint density at radius 2 is 2.21 bits per heavy atom. The van der Waals surface area contributed by atoms with Crippen molar-refractivity contribution in [2.75, 3.05) is 18.2 Å². The number of amides is 1. The molecule has 1 amide bonds. The van der Waals surface area contributed by atoms with Crippen LogP contribution in [0.3, 0.4) is 0 Å². The maximum atomic E-state index is 12.2. The van der Waals surface area contributed by atoms with Crippen LogP contribution in [0, 0.1) is 10.1 Å². The molecule has 28 heavy (non-hydrogen) atoms. The van der Waals surface area contributed by atoms with Crippen LogP contribution < -0.4 is 10.1 Å². The second-order valence-electron chi connectivity index (χ2n) is 5.69. The number of carbonyl (C=O) groups is 1. The molecule has 1 N–H and O–H groups in total. The molecular weight excluding hydrogens is 402 g/mol. The molecule has 2 heterocycles. The van der Waals surface area contributed by atoms with Gasteiger partial charge in [0.2, 0.25) is 5.91 Å². The maximum Gasteiger partial charge on any atom is 0.296 e. The van der Waals surface area contributed by atoms with Crippen molar-refractivity contribution in [3.63, 3.8) is 0 Å². The fourth-order valence-corrected chi connectivity index (χ4v) is 3.84. The average Bonchev–Trinajstić information content (AvgIpc) is 3.31. The fraction of sp³-hybridized carbons (Fsp3) is 0.235. The summed E-state index contributed by atoms with van der Waals surface area (Å²) in [6.07, 6.45) is 0.673. The molecule has 0 aliphatic rings. The summed E-state index contributed by atoms with van der Waals surface area (Å²) in [7, 11) is 3.26. The first-order chi connectivity index (χ1) is 13.5. The van der Waals surface area contributed by atoms with Gasteiger partial charge >= 0.3 is 0 Å². The van der Waals surface area contributed by atoms with Gasteiger partial charge in [-0.15, -0.1) is 21.5 Å². The zero-order valence-electron chi connectivity index (χ0n) is 15.1. The summed E-state index contributed by atoms with van der Waals surface area (Å²) in [5.41, 5.74) is -0.109. The van der Waals surface area contributed by atoms with Gasteiger partial charge in [0.05, 0.1) is 23.9 Å². The van der Waals surface area contributed by atoms with Gasteiger partial charge in [-0.1, -0.05) is 17.8 Å². The Hall–Kier alpha value is -2.92. The number of benzene rings is 1. The van der Waals surface area contributed by atoms with Crippen molar-refractivity contribution in [2.45, 2.75) is 11.6 Å². The number of rotatable bonds is 8. The lowest BCUT2D eigenvalue weighted by atomic mass is 10.2. The minimum Gasteiger partial charge on any atom is -0.496 e. The highest BCUT2D eigenvalue weighted by atomic mass is 32.2. The number of thiophene rings is 1. The quantitative estimate of drug-likeness (QED) is 0.339. The Bertz CT molecular complexity index is 988. The highest BCUT2D eigenvalue weighted by Gasteiger charge is 2.18. The number of anilines is 1. The first-order valence-electron chi connectivity index (χ1n) is 8.13. The highest BCUT2D eigenvalue weighted by Crippen LogP contribution is 2.29. The number of nitrogens with zero attached hydrogens (tertiary/aromatic N) is 4. The summed E-state index contributed by atoms with van der Waals surface area (Å²) in [4.78, 5) is 24.1. The molecular formula is C17H17N5O4S2. The van der Waals surface area contributed by atoms with E-state index in [4.69, 9.17) is 4.74 Å². The van der Waals surface area contributed by atoms with Crippen LogP contribution in [-0.4, -0.2) is 38.5 Å². The SMILES string of the molecule is COc1ccc(NC(=O)CSc2nnc(Cc3cccs3)n2C)c([N+](=O)[O-])c1. The third-order valence-electron chi connectivity index (χ3n) is 3.85. The number of nitrogens with one attached hydrogen (secondary N) is 1. The zero-order chi connectivity index (χ0) is 20.1. The van der Waals surface area contributed by atoms with Crippen LogP contribution in [0.15, 0.2) is 40.9 Å². The fourth-order valence-electron chi connectivity index (χ4n) is 2.41. The molecule has 0 unspecified atom stereocenters.